The summed E-state index contributed by atoms with van der Waals surface area (Å²) in [7, 11) is 0. The van der Waals surface area contributed by atoms with Gasteiger partial charge in [0, 0.05) is 31.0 Å². The zero-order valence-electron chi connectivity index (χ0n) is 12.4. The van der Waals surface area contributed by atoms with E-state index in [9.17, 15) is 0 Å². The molecule has 6 nitrogen and oxygen atoms in total. The SMILES string of the molecule is CCC1CN(C(C)c2nc(-c3ccncc3)no2)CCO1. The number of nitrogens with zero attached hydrogens (tertiary/aromatic N) is 4. The lowest BCUT2D eigenvalue weighted by molar-refractivity contribution is -0.0462. The van der Waals surface area contributed by atoms with Crippen molar-refractivity contribution in [3.8, 4) is 11.4 Å². The van der Waals surface area contributed by atoms with Gasteiger partial charge in [-0.15, -0.1) is 0 Å². The third-order valence-corrected chi connectivity index (χ3v) is 3.91. The van der Waals surface area contributed by atoms with Gasteiger partial charge in [0.05, 0.1) is 18.8 Å². The van der Waals surface area contributed by atoms with E-state index in [4.69, 9.17) is 9.26 Å². The van der Waals surface area contributed by atoms with Crippen LogP contribution in [-0.2, 0) is 4.74 Å². The monoisotopic (exact) mass is 288 g/mol. The summed E-state index contributed by atoms with van der Waals surface area (Å²) in [6.45, 7) is 6.80. The minimum atomic E-state index is 0.103. The van der Waals surface area contributed by atoms with Crippen molar-refractivity contribution in [3.63, 3.8) is 0 Å². The summed E-state index contributed by atoms with van der Waals surface area (Å²) in [5, 5.41) is 4.07. The summed E-state index contributed by atoms with van der Waals surface area (Å²) in [5.74, 6) is 1.26. The molecular formula is C15H20N4O2. The zero-order valence-corrected chi connectivity index (χ0v) is 12.4. The van der Waals surface area contributed by atoms with E-state index in [2.05, 4.69) is 33.9 Å². The van der Waals surface area contributed by atoms with Crippen molar-refractivity contribution in [2.45, 2.75) is 32.4 Å². The van der Waals surface area contributed by atoms with E-state index in [1.807, 2.05) is 12.1 Å². The van der Waals surface area contributed by atoms with Gasteiger partial charge < -0.3 is 9.26 Å². The lowest BCUT2D eigenvalue weighted by Crippen LogP contribution is -2.43. The maximum atomic E-state index is 5.70. The first-order valence-electron chi connectivity index (χ1n) is 7.37. The van der Waals surface area contributed by atoms with Crippen molar-refractivity contribution in [2.75, 3.05) is 19.7 Å². The molecule has 0 aromatic carbocycles. The maximum Gasteiger partial charge on any atom is 0.244 e. The fraction of sp³-hybridized carbons (Fsp3) is 0.533. The van der Waals surface area contributed by atoms with Gasteiger partial charge >= 0.3 is 0 Å². The van der Waals surface area contributed by atoms with Gasteiger partial charge in [-0.25, -0.2) is 0 Å². The average molecular weight is 288 g/mol. The molecule has 2 aromatic heterocycles. The molecule has 0 amide bonds. The van der Waals surface area contributed by atoms with Crippen LogP contribution >= 0.6 is 0 Å². The van der Waals surface area contributed by atoms with Gasteiger partial charge in [-0.1, -0.05) is 12.1 Å². The highest BCUT2D eigenvalue weighted by atomic mass is 16.5. The molecule has 3 rings (SSSR count). The lowest BCUT2D eigenvalue weighted by Gasteiger charge is -2.34. The highest BCUT2D eigenvalue weighted by Crippen LogP contribution is 2.24. The molecule has 1 aliphatic rings. The van der Waals surface area contributed by atoms with Gasteiger partial charge in [0.25, 0.3) is 0 Å². The van der Waals surface area contributed by atoms with Crippen molar-refractivity contribution >= 4 is 0 Å². The topological polar surface area (TPSA) is 64.3 Å². The van der Waals surface area contributed by atoms with Gasteiger partial charge in [0.2, 0.25) is 11.7 Å². The Morgan fingerprint density at radius 2 is 2.19 bits per heavy atom. The Labute approximate surface area is 124 Å². The average Bonchev–Trinajstić information content (AvgIpc) is 3.05. The summed E-state index contributed by atoms with van der Waals surface area (Å²) in [4.78, 5) is 10.8. The van der Waals surface area contributed by atoms with E-state index in [1.54, 1.807) is 12.4 Å². The number of ether oxygens (including phenoxy) is 1. The summed E-state index contributed by atoms with van der Waals surface area (Å²) >= 11 is 0. The summed E-state index contributed by atoms with van der Waals surface area (Å²) in [6.07, 6.45) is 4.77. The first-order valence-corrected chi connectivity index (χ1v) is 7.37. The van der Waals surface area contributed by atoms with Crippen LogP contribution in [0.5, 0.6) is 0 Å². The fourth-order valence-electron chi connectivity index (χ4n) is 2.52. The van der Waals surface area contributed by atoms with Crippen molar-refractivity contribution in [3.05, 3.63) is 30.4 Å². The Balaban J connectivity index is 1.73. The second-order valence-electron chi connectivity index (χ2n) is 5.26. The molecule has 1 aliphatic heterocycles. The second kappa shape index (κ2) is 6.32. The molecule has 112 valence electrons. The number of pyridine rings is 1. The first-order chi connectivity index (χ1) is 10.3. The van der Waals surface area contributed by atoms with Crippen LogP contribution < -0.4 is 0 Å². The van der Waals surface area contributed by atoms with E-state index in [0.29, 0.717) is 17.8 Å². The van der Waals surface area contributed by atoms with Crippen molar-refractivity contribution in [1.29, 1.82) is 0 Å². The summed E-state index contributed by atoms with van der Waals surface area (Å²) in [5.41, 5.74) is 0.917. The third-order valence-electron chi connectivity index (χ3n) is 3.91. The molecule has 0 saturated carbocycles. The number of morpholine rings is 1. The van der Waals surface area contributed by atoms with Crippen LogP contribution in [0.15, 0.2) is 29.0 Å². The Bertz CT molecular complexity index is 572. The molecule has 0 bridgehead atoms. The highest BCUT2D eigenvalue weighted by molar-refractivity contribution is 5.52. The molecule has 0 radical (unpaired) electrons. The van der Waals surface area contributed by atoms with Gasteiger partial charge in [0.15, 0.2) is 0 Å². The predicted molar refractivity (Wildman–Crippen MR) is 77.5 cm³/mol. The minimum absolute atomic E-state index is 0.103. The number of rotatable bonds is 4. The van der Waals surface area contributed by atoms with Crippen LogP contribution in [0.4, 0.5) is 0 Å². The smallest absolute Gasteiger partial charge is 0.244 e. The molecule has 1 saturated heterocycles. The largest absolute Gasteiger partial charge is 0.376 e. The van der Waals surface area contributed by atoms with Gasteiger partial charge in [-0.05, 0) is 25.5 Å². The normalized spacial score (nSPS) is 21.3. The lowest BCUT2D eigenvalue weighted by atomic mass is 10.2. The molecular weight excluding hydrogens is 268 g/mol. The van der Waals surface area contributed by atoms with Crippen LogP contribution in [0.1, 0.15) is 32.2 Å². The van der Waals surface area contributed by atoms with E-state index in [1.165, 1.54) is 0 Å². The van der Waals surface area contributed by atoms with Crippen molar-refractivity contribution in [1.82, 2.24) is 20.0 Å². The molecule has 2 aromatic rings. The number of aromatic nitrogens is 3. The first kappa shape index (κ1) is 14.2. The molecule has 0 aliphatic carbocycles. The van der Waals surface area contributed by atoms with Crippen LogP contribution in [0, 0.1) is 0 Å². The molecule has 0 spiro atoms. The maximum absolute atomic E-state index is 5.70. The third kappa shape index (κ3) is 3.11. The molecule has 21 heavy (non-hydrogen) atoms. The standard InChI is InChI=1S/C15H20N4O2/c1-3-13-10-19(8-9-20-13)11(2)15-17-14(18-21-15)12-4-6-16-7-5-12/h4-7,11,13H,3,8-10H2,1-2H3. The Hall–Kier alpha value is -1.79. The predicted octanol–water partition coefficient (Wildman–Crippen LogP) is 2.30. The molecule has 2 atom stereocenters. The van der Waals surface area contributed by atoms with E-state index in [-0.39, 0.29) is 6.04 Å². The second-order valence-corrected chi connectivity index (χ2v) is 5.26. The van der Waals surface area contributed by atoms with E-state index in [0.717, 1.165) is 31.7 Å². The van der Waals surface area contributed by atoms with Gasteiger partial charge in [-0.3, -0.25) is 9.88 Å². The van der Waals surface area contributed by atoms with E-state index < -0.39 is 0 Å². The molecule has 3 heterocycles. The van der Waals surface area contributed by atoms with E-state index >= 15 is 0 Å². The molecule has 2 unspecified atom stereocenters. The Morgan fingerprint density at radius 3 is 2.95 bits per heavy atom. The Morgan fingerprint density at radius 1 is 1.38 bits per heavy atom. The van der Waals surface area contributed by atoms with Gasteiger partial charge in [-0.2, -0.15) is 4.98 Å². The highest BCUT2D eigenvalue weighted by Gasteiger charge is 2.27. The quantitative estimate of drug-likeness (QED) is 0.860. The number of hydrogen-bond donors (Lipinski definition) is 0. The molecule has 0 N–H and O–H groups in total. The summed E-state index contributed by atoms with van der Waals surface area (Å²) < 4.78 is 11.1. The van der Waals surface area contributed by atoms with Gasteiger partial charge in [0.1, 0.15) is 0 Å². The minimum Gasteiger partial charge on any atom is -0.376 e. The Kier molecular flexibility index (Phi) is 4.26. The van der Waals surface area contributed by atoms with Crippen LogP contribution in [-0.4, -0.2) is 45.8 Å². The van der Waals surface area contributed by atoms with Crippen molar-refractivity contribution < 1.29 is 9.26 Å². The molecule has 6 heteroatoms. The van der Waals surface area contributed by atoms with Crippen LogP contribution in [0.2, 0.25) is 0 Å². The number of hydrogen-bond acceptors (Lipinski definition) is 6. The van der Waals surface area contributed by atoms with Crippen molar-refractivity contribution in [2.24, 2.45) is 0 Å². The van der Waals surface area contributed by atoms with Crippen LogP contribution in [0.3, 0.4) is 0 Å². The molecule has 1 fully saturated rings. The fourth-order valence-corrected chi connectivity index (χ4v) is 2.52. The zero-order chi connectivity index (χ0) is 14.7. The van der Waals surface area contributed by atoms with Crippen LogP contribution in [0.25, 0.3) is 11.4 Å². The summed E-state index contributed by atoms with van der Waals surface area (Å²) in [6, 6.07) is 3.86.